The highest BCUT2D eigenvalue weighted by Crippen LogP contribution is 2.31. The number of rotatable bonds is 6. The molecule has 0 saturated carbocycles. The van der Waals surface area contributed by atoms with Gasteiger partial charge in [0.1, 0.15) is 11.6 Å². The maximum absolute atomic E-state index is 14.8. The molecule has 0 bridgehead atoms. The molecule has 6 heteroatoms. The van der Waals surface area contributed by atoms with Crippen molar-refractivity contribution in [3.05, 3.63) is 57.9 Å². The molecule has 24 heavy (non-hydrogen) atoms. The topological polar surface area (TPSA) is 64.4 Å². The molecule has 0 amide bonds. The maximum Gasteiger partial charge on any atom is 0.197 e. The molecule has 0 aliphatic heterocycles. The fourth-order valence-corrected chi connectivity index (χ4v) is 2.70. The van der Waals surface area contributed by atoms with Crippen LogP contribution in [0.5, 0.6) is 5.75 Å². The molecule has 3 N–H and O–H groups in total. The van der Waals surface area contributed by atoms with Gasteiger partial charge in [-0.15, -0.1) is 0 Å². The monoisotopic (exact) mass is 350 g/mol. The van der Waals surface area contributed by atoms with Crippen LogP contribution >= 0.6 is 11.6 Å². The van der Waals surface area contributed by atoms with Gasteiger partial charge in [-0.05, 0) is 30.7 Å². The largest absolute Gasteiger partial charge is 0.495 e. The highest BCUT2D eigenvalue weighted by atomic mass is 35.5. The van der Waals surface area contributed by atoms with Crippen LogP contribution in [0.4, 0.5) is 10.1 Å². The first-order valence-corrected chi connectivity index (χ1v) is 7.96. The first-order chi connectivity index (χ1) is 11.4. The zero-order valence-electron chi connectivity index (χ0n) is 13.8. The normalized spacial score (nSPS) is 11.9. The smallest absolute Gasteiger partial charge is 0.197 e. The first kappa shape index (κ1) is 18.2. The summed E-state index contributed by atoms with van der Waals surface area (Å²) in [6.07, 6.45) is 0.552. The van der Waals surface area contributed by atoms with Crippen LogP contribution in [0.1, 0.15) is 40.9 Å². The third-order valence-electron chi connectivity index (χ3n) is 3.92. The summed E-state index contributed by atoms with van der Waals surface area (Å²) in [7, 11) is 3.24. The molecule has 2 rings (SSSR count). The predicted molar refractivity (Wildman–Crippen MR) is 94.6 cm³/mol. The molecule has 2 aromatic rings. The van der Waals surface area contributed by atoms with Crippen molar-refractivity contribution in [2.75, 3.05) is 19.5 Å². The number of carbonyl (C=O) groups is 1. The molecule has 4 nitrogen and oxygen atoms in total. The van der Waals surface area contributed by atoms with E-state index in [1.807, 2.05) is 6.92 Å². The first-order valence-electron chi connectivity index (χ1n) is 7.58. The second-order valence-electron chi connectivity index (χ2n) is 5.33. The van der Waals surface area contributed by atoms with Crippen LogP contribution in [0.15, 0.2) is 30.3 Å². The molecule has 0 aromatic heterocycles. The van der Waals surface area contributed by atoms with Crippen molar-refractivity contribution >= 4 is 23.1 Å². The van der Waals surface area contributed by atoms with Crippen molar-refractivity contribution in [3.8, 4) is 5.75 Å². The summed E-state index contributed by atoms with van der Waals surface area (Å²) < 4.78 is 20.0. The molecule has 128 valence electrons. The van der Waals surface area contributed by atoms with Gasteiger partial charge in [0.05, 0.1) is 23.4 Å². The SMILES string of the molecule is CCC(N)c1ccc(Cl)c(C(=O)c2ccc(NC)c(OC)c2)c1F. The van der Waals surface area contributed by atoms with Crippen LogP contribution in [0.25, 0.3) is 0 Å². The van der Waals surface area contributed by atoms with Crippen molar-refractivity contribution in [2.24, 2.45) is 5.73 Å². The third kappa shape index (κ3) is 3.37. The van der Waals surface area contributed by atoms with E-state index in [4.69, 9.17) is 22.1 Å². The molecule has 0 saturated heterocycles. The summed E-state index contributed by atoms with van der Waals surface area (Å²) in [6.45, 7) is 1.85. The summed E-state index contributed by atoms with van der Waals surface area (Å²) in [5, 5.41) is 3.01. The van der Waals surface area contributed by atoms with E-state index in [2.05, 4.69) is 5.32 Å². The van der Waals surface area contributed by atoms with Gasteiger partial charge in [0.25, 0.3) is 0 Å². The Balaban J connectivity index is 2.54. The Hall–Kier alpha value is -2.11. The van der Waals surface area contributed by atoms with Crippen LogP contribution in [-0.2, 0) is 0 Å². The predicted octanol–water partition coefficient (Wildman–Crippen LogP) is 4.17. The van der Waals surface area contributed by atoms with Crippen LogP contribution in [0.3, 0.4) is 0 Å². The Morgan fingerprint density at radius 2 is 2.08 bits per heavy atom. The molecular formula is C18H20ClFN2O2. The van der Waals surface area contributed by atoms with Crippen LogP contribution < -0.4 is 15.8 Å². The lowest BCUT2D eigenvalue weighted by atomic mass is 9.96. The van der Waals surface area contributed by atoms with Gasteiger partial charge in [0.15, 0.2) is 5.78 Å². The zero-order valence-corrected chi connectivity index (χ0v) is 14.6. The van der Waals surface area contributed by atoms with Gasteiger partial charge in [-0.3, -0.25) is 4.79 Å². The van der Waals surface area contributed by atoms with Gasteiger partial charge < -0.3 is 15.8 Å². The number of ketones is 1. The number of halogens is 2. The number of hydrogen-bond donors (Lipinski definition) is 2. The second-order valence-corrected chi connectivity index (χ2v) is 5.74. The number of ether oxygens (including phenoxy) is 1. The van der Waals surface area contributed by atoms with Crippen molar-refractivity contribution in [3.63, 3.8) is 0 Å². The number of methoxy groups -OCH3 is 1. The van der Waals surface area contributed by atoms with E-state index in [0.717, 1.165) is 5.69 Å². The molecule has 1 unspecified atom stereocenters. The van der Waals surface area contributed by atoms with Gasteiger partial charge in [-0.25, -0.2) is 4.39 Å². The molecule has 0 spiro atoms. The minimum absolute atomic E-state index is 0.0567. The fourth-order valence-electron chi connectivity index (χ4n) is 2.47. The summed E-state index contributed by atoms with van der Waals surface area (Å²) in [4.78, 5) is 12.8. The lowest BCUT2D eigenvalue weighted by molar-refractivity contribution is 0.103. The van der Waals surface area contributed by atoms with Crippen molar-refractivity contribution < 1.29 is 13.9 Å². The molecule has 0 fully saturated rings. The van der Waals surface area contributed by atoms with E-state index in [1.165, 1.54) is 19.2 Å². The lowest BCUT2D eigenvalue weighted by Crippen LogP contribution is -2.15. The van der Waals surface area contributed by atoms with Gasteiger partial charge in [-0.1, -0.05) is 24.6 Å². The van der Waals surface area contributed by atoms with Crippen LogP contribution in [-0.4, -0.2) is 19.9 Å². The average Bonchev–Trinajstić information content (AvgIpc) is 2.60. The Bertz CT molecular complexity index is 765. The van der Waals surface area contributed by atoms with Gasteiger partial charge in [0.2, 0.25) is 0 Å². The number of nitrogens with two attached hydrogens (primary N) is 1. The van der Waals surface area contributed by atoms with Gasteiger partial charge in [-0.2, -0.15) is 0 Å². The number of benzene rings is 2. The Labute approximate surface area is 145 Å². The molecule has 0 aliphatic carbocycles. The van der Waals surface area contributed by atoms with E-state index in [9.17, 15) is 9.18 Å². The number of anilines is 1. The number of nitrogens with one attached hydrogen (secondary N) is 1. The summed E-state index contributed by atoms with van der Waals surface area (Å²) in [6, 6.07) is 7.37. The Morgan fingerprint density at radius 3 is 2.67 bits per heavy atom. The fraction of sp³-hybridized carbons (Fsp3) is 0.278. The van der Waals surface area contributed by atoms with E-state index in [-0.39, 0.29) is 21.7 Å². The Kier molecular flexibility index (Phi) is 5.80. The highest BCUT2D eigenvalue weighted by molar-refractivity contribution is 6.35. The van der Waals surface area contributed by atoms with Crippen LogP contribution in [0.2, 0.25) is 5.02 Å². The quantitative estimate of drug-likeness (QED) is 0.767. The number of hydrogen-bond acceptors (Lipinski definition) is 4. The molecule has 2 aromatic carbocycles. The molecule has 0 heterocycles. The van der Waals surface area contributed by atoms with E-state index in [1.54, 1.807) is 25.2 Å². The van der Waals surface area contributed by atoms with E-state index in [0.29, 0.717) is 12.2 Å². The number of carbonyl (C=O) groups excluding carboxylic acids is 1. The molecule has 1 atom stereocenters. The molecular weight excluding hydrogens is 331 g/mol. The summed E-state index contributed by atoms with van der Waals surface area (Å²) >= 11 is 6.08. The minimum Gasteiger partial charge on any atom is -0.495 e. The van der Waals surface area contributed by atoms with Crippen molar-refractivity contribution in [1.29, 1.82) is 0 Å². The van der Waals surface area contributed by atoms with Crippen LogP contribution in [0, 0.1) is 5.82 Å². The van der Waals surface area contributed by atoms with E-state index < -0.39 is 17.6 Å². The average molecular weight is 351 g/mol. The Morgan fingerprint density at radius 1 is 1.38 bits per heavy atom. The van der Waals surface area contributed by atoms with E-state index >= 15 is 0 Å². The van der Waals surface area contributed by atoms with Crippen molar-refractivity contribution in [1.82, 2.24) is 0 Å². The second kappa shape index (κ2) is 7.64. The summed E-state index contributed by atoms with van der Waals surface area (Å²) in [5.41, 5.74) is 7.04. The minimum atomic E-state index is -0.668. The standard InChI is InChI=1S/C18H20ClFN2O2/c1-4-13(21)11-6-7-12(19)16(17(11)20)18(23)10-5-8-14(22-2)15(9-10)24-3/h5-9,13,22H,4,21H2,1-3H3. The molecule has 0 radical (unpaired) electrons. The van der Waals surface area contributed by atoms with Gasteiger partial charge >= 0.3 is 0 Å². The summed E-state index contributed by atoms with van der Waals surface area (Å²) in [5.74, 6) is -0.691. The maximum atomic E-state index is 14.8. The lowest BCUT2D eigenvalue weighted by Gasteiger charge is -2.15. The molecule has 0 aliphatic rings. The zero-order chi connectivity index (χ0) is 17.9. The highest BCUT2D eigenvalue weighted by Gasteiger charge is 2.23. The third-order valence-corrected chi connectivity index (χ3v) is 4.24. The van der Waals surface area contributed by atoms with Crippen molar-refractivity contribution in [2.45, 2.75) is 19.4 Å². The van der Waals surface area contributed by atoms with Gasteiger partial charge in [0, 0.05) is 24.2 Å².